The molecule has 0 saturated carbocycles. The van der Waals surface area contributed by atoms with Gasteiger partial charge in [0.2, 0.25) is 0 Å². The second-order valence-electron chi connectivity index (χ2n) is 4.86. The molecule has 0 amide bonds. The first-order valence-corrected chi connectivity index (χ1v) is 6.39. The van der Waals surface area contributed by atoms with Gasteiger partial charge in [-0.3, -0.25) is 9.69 Å². The average Bonchev–Trinajstić information content (AvgIpc) is 2.72. The summed E-state index contributed by atoms with van der Waals surface area (Å²) in [5.74, 6) is 1.41. The summed E-state index contributed by atoms with van der Waals surface area (Å²) in [5, 5.41) is 0. The van der Waals surface area contributed by atoms with E-state index in [1.54, 1.807) is 6.92 Å². The van der Waals surface area contributed by atoms with E-state index in [9.17, 15) is 4.79 Å². The molecular formula is C13H21N3O. The summed E-state index contributed by atoms with van der Waals surface area (Å²) < 4.78 is 2.05. The van der Waals surface area contributed by atoms with E-state index in [2.05, 4.69) is 9.88 Å². The van der Waals surface area contributed by atoms with E-state index in [4.69, 9.17) is 0 Å². The van der Waals surface area contributed by atoms with Gasteiger partial charge in [0.05, 0.1) is 6.04 Å². The molecule has 4 nitrogen and oxygen atoms in total. The normalized spacial score (nSPS) is 21.6. The highest BCUT2D eigenvalue weighted by Crippen LogP contribution is 2.17. The van der Waals surface area contributed by atoms with Crippen LogP contribution in [-0.2, 0) is 18.3 Å². The Morgan fingerprint density at radius 1 is 1.53 bits per heavy atom. The molecule has 0 aliphatic carbocycles. The van der Waals surface area contributed by atoms with E-state index in [0.717, 1.165) is 31.8 Å². The lowest BCUT2D eigenvalue weighted by Gasteiger charge is -2.33. The van der Waals surface area contributed by atoms with Crippen LogP contribution in [0.5, 0.6) is 0 Å². The maximum atomic E-state index is 11.6. The van der Waals surface area contributed by atoms with Gasteiger partial charge < -0.3 is 4.57 Å². The molecule has 94 valence electrons. The van der Waals surface area contributed by atoms with Crippen molar-refractivity contribution in [3.05, 3.63) is 18.2 Å². The molecule has 1 aromatic heterocycles. The van der Waals surface area contributed by atoms with Crippen LogP contribution < -0.4 is 0 Å². The van der Waals surface area contributed by atoms with Gasteiger partial charge in [0.25, 0.3) is 0 Å². The van der Waals surface area contributed by atoms with Gasteiger partial charge in [-0.05, 0) is 26.3 Å². The number of hydrogen-bond acceptors (Lipinski definition) is 3. The number of ketones is 1. The Morgan fingerprint density at radius 3 is 3.00 bits per heavy atom. The zero-order chi connectivity index (χ0) is 12.3. The van der Waals surface area contributed by atoms with E-state index in [1.807, 2.05) is 24.0 Å². The fourth-order valence-corrected chi connectivity index (χ4v) is 2.60. The summed E-state index contributed by atoms with van der Waals surface area (Å²) in [6.45, 7) is 3.70. The molecule has 1 aromatic rings. The number of imidazole rings is 1. The first-order valence-electron chi connectivity index (χ1n) is 6.39. The molecule has 0 N–H and O–H groups in total. The molecule has 2 rings (SSSR count). The van der Waals surface area contributed by atoms with Crippen molar-refractivity contribution in [2.45, 2.75) is 38.6 Å². The SMILES string of the molecule is CC(=O)C1CCCCN1CCc1nccn1C. The summed E-state index contributed by atoms with van der Waals surface area (Å²) in [4.78, 5) is 18.2. The predicted octanol–water partition coefficient (Wildman–Crippen LogP) is 1.41. The van der Waals surface area contributed by atoms with Gasteiger partial charge in [0.15, 0.2) is 0 Å². The Kier molecular flexibility index (Phi) is 3.94. The molecule has 1 fully saturated rings. The van der Waals surface area contributed by atoms with Crippen molar-refractivity contribution in [1.29, 1.82) is 0 Å². The van der Waals surface area contributed by atoms with E-state index < -0.39 is 0 Å². The van der Waals surface area contributed by atoms with Gasteiger partial charge in [-0.2, -0.15) is 0 Å². The minimum atomic E-state index is 0.143. The highest BCUT2D eigenvalue weighted by molar-refractivity contribution is 5.81. The number of aryl methyl sites for hydroxylation is 1. The summed E-state index contributed by atoms with van der Waals surface area (Å²) >= 11 is 0. The van der Waals surface area contributed by atoms with E-state index in [-0.39, 0.29) is 6.04 Å². The number of hydrogen-bond donors (Lipinski definition) is 0. The van der Waals surface area contributed by atoms with Crippen molar-refractivity contribution in [3.63, 3.8) is 0 Å². The van der Waals surface area contributed by atoms with Crippen molar-refractivity contribution < 1.29 is 4.79 Å². The van der Waals surface area contributed by atoms with E-state index in [1.165, 1.54) is 12.8 Å². The molecule has 1 unspecified atom stereocenters. The summed E-state index contributed by atoms with van der Waals surface area (Å²) in [5.41, 5.74) is 0. The number of likely N-dealkylation sites (tertiary alicyclic amines) is 1. The van der Waals surface area contributed by atoms with Crippen LogP contribution in [-0.4, -0.2) is 39.4 Å². The minimum absolute atomic E-state index is 0.143. The van der Waals surface area contributed by atoms with E-state index >= 15 is 0 Å². The first-order chi connectivity index (χ1) is 8.18. The fourth-order valence-electron chi connectivity index (χ4n) is 2.60. The molecule has 4 heteroatoms. The maximum absolute atomic E-state index is 11.6. The van der Waals surface area contributed by atoms with Crippen molar-refractivity contribution in [1.82, 2.24) is 14.5 Å². The van der Waals surface area contributed by atoms with Crippen LogP contribution in [0.15, 0.2) is 12.4 Å². The Balaban J connectivity index is 1.92. The topological polar surface area (TPSA) is 38.1 Å². The fraction of sp³-hybridized carbons (Fsp3) is 0.692. The van der Waals surface area contributed by atoms with E-state index in [0.29, 0.717) is 5.78 Å². The van der Waals surface area contributed by atoms with Crippen molar-refractivity contribution >= 4 is 5.78 Å². The molecule has 0 bridgehead atoms. The molecular weight excluding hydrogens is 214 g/mol. The average molecular weight is 235 g/mol. The van der Waals surface area contributed by atoms with Crippen LogP contribution in [0.1, 0.15) is 32.0 Å². The van der Waals surface area contributed by atoms with Crippen LogP contribution in [0.25, 0.3) is 0 Å². The van der Waals surface area contributed by atoms with Gasteiger partial charge >= 0.3 is 0 Å². The largest absolute Gasteiger partial charge is 0.338 e. The summed E-state index contributed by atoms with van der Waals surface area (Å²) in [6.07, 6.45) is 8.14. The lowest BCUT2D eigenvalue weighted by Crippen LogP contribution is -2.44. The molecule has 2 heterocycles. The van der Waals surface area contributed by atoms with Gasteiger partial charge in [-0.25, -0.2) is 4.98 Å². The Morgan fingerprint density at radius 2 is 2.35 bits per heavy atom. The summed E-state index contributed by atoms with van der Waals surface area (Å²) in [7, 11) is 2.01. The molecule has 0 radical (unpaired) electrons. The zero-order valence-corrected chi connectivity index (χ0v) is 10.7. The Bertz CT molecular complexity index is 386. The van der Waals surface area contributed by atoms with Crippen LogP contribution in [0.4, 0.5) is 0 Å². The number of piperidine rings is 1. The number of Topliss-reactive ketones (excluding diaryl/α,β-unsaturated/α-hetero) is 1. The van der Waals surface area contributed by atoms with Crippen LogP contribution >= 0.6 is 0 Å². The third kappa shape index (κ3) is 2.94. The van der Waals surface area contributed by atoms with Gasteiger partial charge in [0.1, 0.15) is 11.6 Å². The first kappa shape index (κ1) is 12.3. The molecule has 17 heavy (non-hydrogen) atoms. The number of carbonyl (C=O) groups is 1. The standard InChI is InChI=1S/C13H21N3O/c1-11(17)12-5-3-4-8-16(12)9-6-13-14-7-10-15(13)2/h7,10,12H,3-6,8-9H2,1-2H3. The Labute approximate surface area is 103 Å². The van der Waals surface area contributed by atoms with Crippen LogP contribution in [0, 0.1) is 0 Å². The lowest BCUT2D eigenvalue weighted by molar-refractivity contribution is -0.123. The smallest absolute Gasteiger partial charge is 0.146 e. The second kappa shape index (κ2) is 5.45. The molecule has 0 aromatic carbocycles. The second-order valence-corrected chi connectivity index (χ2v) is 4.86. The zero-order valence-electron chi connectivity index (χ0n) is 10.7. The molecule has 1 saturated heterocycles. The minimum Gasteiger partial charge on any atom is -0.338 e. The third-order valence-electron chi connectivity index (χ3n) is 3.63. The predicted molar refractivity (Wildman–Crippen MR) is 66.8 cm³/mol. The molecule has 1 aliphatic heterocycles. The van der Waals surface area contributed by atoms with Gasteiger partial charge in [-0.1, -0.05) is 6.42 Å². The number of aromatic nitrogens is 2. The molecule has 0 spiro atoms. The monoisotopic (exact) mass is 235 g/mol. The highest BCUT2D eigenvalue weighted by atomic mass is 16.1. The van der Waals surface area contributed by atoms with Crippen molar-refractivity contribution in [2.75, 3.05) is 13.1 Å². The molecule has 1 atom stereocenters. The van der Waals surface area contributed by atoms with Crippen LogP contribution in [0.2, 0.25) is 0 Å². The number of nitrogens with zero attached hydrogens (tertiary/aromatic N) is 3. The van der Waals surface area contributed by atoms with Crippen LogP contribution in [0.3, 0.4) is 0 Å². The number of rotatable bonds is 4. The van der Waals surface area contributed by atoms with Gasteiger partial charge in [-0.15, -0.1) is 0 Å². The van der Waals surface area contributed by atoms with Crippen molar-refractivity contribution in [3.8, 4) is 0 Å². The quantitative estimate of drug-likeness (QED) is 0.792. The van der Waals surface area contributed by atoms with Crippen molar-refractivity contribution in [2.24, 2.45) is 7.05 Å². The highest BCUT2D eigenvalue weighted by Gasteiger charge is 2.25. The Hall–Kier alpha value is -1.16. The molecule has 1 aliphatic rings. The number of carbonyl (C=O) groups excluding carboxylic acids is 1. The van der Waals surface area contributed by atoms with Gasteiger partial charge in [0, 0.05) is 32.4 Å². The summed E-state index contributed by atoms with van der Waals surface area (Å²) in [6, 6.07) is 0.143. The maximum Gasteiger partial charge on any atom is 0.146 e. The third-order valence-corrected chi connectivity index (χ3v) is 3.63. The lowest BCUT2D eigenvalue weighted by atomic mass is 9.99.